The predicted molar refractivity (Wildman–Crippen MR) is 65.5 cm³/mol. The first-order valence-electron chi connectivity index (χ1n) is 5.13. The van der Waals surface area contributed by atoms with Gasteiger partial charge in [-0.3, -0.25) is 0 Å². The van der Waals surface area contributed by atoms with E-state index in [1.165, 1.54) is 0 Å². The van der Waals surface area contributed by atoms with E-state index in [0.717, 1.165) is 0 Å². The van der Waals surface area contributed by atoms with Gasteiger partial charge in [0.1, 0.15) is 0 Å². The van der Waals surface area contributed by atoms with Gasteiger partial charge in [-0.05, 0) is 24.4 Å². The number of aryl methyl sites for hydroxylation is 1. The number of aliphatic hydroxyl groups is 1. The number of nitrogens with zero attached hydrogens (tertiary/aromatic N) is 2. The summed E-state index contributed by atoms with van der Waals surface area (Å²) in [6, 6.07) is 0. The molecule has 0 saturated heterocycles. The molecule has 0 fully saturated rings. The van der Waals surface area contributed by atoms with Crippen LogP contribution in [0.2, 0.25) is 5.28 Å². The second kappa shape index (κ2) is 5.32. The summed E-state index contributed by atoms with van der Waals surface area (Å²) >= 11 is 5.72. The average molecular weight is 245 g/mol. The molecule has 0 saturated carbocycles. The maximum absolute atomic E-state index is 9.64. The molecule has 0 aliphatic carbocycles. The highest BCUT2D eigenvalue weighted by molar-refractivity contribution is 6.28. The van der Waals surface area contributed by atoms with Crippen LogP contribution in [0.15, 0.2) is 0 Å². The van der Waals surface area contributed by atoms with Crippen molar-refractivity contribution >= 4 is 23.1 Å². The Bertz CT molecular complexity index is 370. The maximum Gasteiger partial charge on any atom is 0.224 e. The van der Waals surface area contributed by atoms with Gasteiger partial charge in [-0.15, -0.1) is 0 Å². The van der Waals surface area contributed by atoms with Crippen molar-refractivity contribution in [1.82, 2.24) is 9.97 Å². The molecule has 1 unspecified atom stereocenters. The Kier molecular flexibility index (Phi) is 4.32. The molecule has 6 heteroatoms. The third kappa shape index (κ3) is 3.21. The minimum Gasteiger partial charge on any atom is -0.394 e. The number of aromatic nitrogens is 2. The largest absolute Gasteiger partial charge is 0.394 e. The summed E-state index contributed by atoms with van der Waals surface area (Å²) in [5.74, 6) is 0.643. The van der Waals surface area contributed by atoms with Crippen LogP contribution < -0.4 is 11.1 Å². The van der Waals surface area contributed by atoms with E-state index in [-0.39, 0.29) is 11.2 Å². The molecule has 0 aliphatic rings. The minimum atomic E-state index is -0.451. The zero-order chi connectivity index (χ0) is 12.3. The van der Waals surface area contributed by atoms with E-state index in [0.29, 0.717) is 23.7 Å². The molecule has 0 bridgehead atoms. The first-order valence-corrected chi connectivity index (χ1v) is 5.51. The lowest BCUT2D eigenvalue weighted by molar-refractivity contribution is 0.138. The third-order valence-electron chi connectivity index (χ3n) is 2.36. The molecule has 0 spiro atoms. The Morgan fingerprint density at radius 3 is 2.62 bits per heavy atom. The number of nitrogen functional groups attached to an aromatic ring is 1. The molecule has 5 nitrogen and oxygen atoms in total. The summed E-state index contributed by atoms with van der Waals surface area (Å²) in [5.41, 5.74) is 6.87. The van der Waals surface area contributed by atoms with Gasteiger partial charge in [-0.1, -0.05) is 13.8 Å². The predicted octanol–water partition coefficient (Wildman–Crippen LogP) is 1.45. The van der Waals surface area contributed by atoms with E-state index >= 15 is 0 Å². The van der Waals surface area contributed by atoms with Crippen LogP contribution in [0.1, 0.15) is 19.5 Å². The quantitative estimate of drug-likeness (QED) is 0.699. The molecule has 1 atom stereocenters. The van der Waals surface area contributed by atoms with Crippen LogP contribution in [0.3, 0.4) is 0 Å². The van der Waals surface area contributed by atoms with E-state index in [9.17, 15) is 5.11 Å². The highest BCUT2D eigenvalue weighted by Gasteiger charge is 2.12. The summed E-state index contributed by atoms with van der Waals surface area (Å²) in [4.78, 5) is 7.89. The molecular weight excluding hydrogens is 228 g/mol. The Balaban J connectivity index is 2.74. The second-order valence-electron chi connectivity index (χ2n) is 4.03. The average Bonchev–Trinajstić information content (AvgIpc) is 2.20. The second-order valence-corrected chi connectivity index (χ2v) is 4.37. The summed E-state index contributed by atoms with van der Waals surface area (Å²) in [6.07, 6.45) is -0.451. The molecule has 0 amide bonds. The molecule has 0 aromatic carbocycles. The lowest BCUT2D eigenvalue weighted by Crippen LogP contribution is -2.25. The molecule has 1 rings (SSSR count). The fourth-order valence-electron chi connectivity index (χ4n) is 1.12. The van der Waals surface area contributed by atoms with E-state index in [4.69, 9.17) is 17.3 Å². The molecular formula is C10H17ClN4O. The molecule has 1 aromatic heterocycles. The van der Waals surface area contributed by atoms with Gasteiger partial charge in [0.25, 0.3) is 0 Å². The van der Waals surface area contributed by atoms with Gasteiger partial charge in [0, 0.05) is 6.54 Å². The highest BCUT2D eigenvalue weighted by atomic mass is 35.5. The zero-order valence-electron chi connectivity index (χ0n) is 9.66. The number of hydrogen-bond donors (Lipinski definition) is 3. The number of aliphatic hydroxyl groups excluding tert-OH is 1. The summed E-state index contributed by atoms with van der Waals surface area (Å²) in [6.45, 7) is 6.02. The van der Waals surface area contributed by atoms with Crippen LogP contribution in [0, 0.1) is 12.8 Å². The van der Waals surface area contributed by atoms with Crippen molar-refractivity contribution in [2.24, 2.45) is 5.92 Å². The monoisotopic (exact) mass is 244 g/mol. The SMILES string of the molecule is Cc1nc(Cl)nc(NCC(O)C(C)C)c1N. The van der Waals surface area contributed by atoms with Crippen molar-refractivity contribution in [2.45, 2.75) is 26.9 Å². The van der Waals surface area contributed by atoms with Crippen LogP contribution >= 0.6 is 11.6 Å². The first-order chi connectivity index (χ1) is 7.41. The fraction of sp³-hybridized carbons (Fsp3) is 0.600. The smallest absolute Gasteiger partial charge is 0.224 e. The molecule has 0 aliphatic heterocycles. The van der Waals surface area contributed by atoms with Crippen molar-refractivity contribution in [3.05, 3.63) is 11.0 Å². The highest BCUT2D eigenvalue weighted by Crippen LogP contribution is 2.20. The Morgan fingerprint density at radius 2 is 2.06 bits per heavy atom. The number of anilines is 2. The molecule has 16 heavy (non-hydrogen) atoms. The van der Waals surface area contributed by atoms with E-state index in [2.05, 4.69) is 15.3 Å². The molecule has 4 N–H and O–H groups in total. The maximum atomic E-state index is 9.64. The Morgan fingerprint density at radius 1 is 1.44 bits per heavy atom. The van der Waals surface area contributed by atoms with Crippen molar-refractivity contribution in [3.63, 3.8) is 0 Å². The lowest BCUT2D eigenvalue weighted by Gasteiger charge is -2.16. The number of rotatable bonds is 4. The zero-order valence-corrected chi connectivity index (χ0v) is 10.4. The number of hydrogen-bond acceptors (Lipinski definition) is 5. The number of halogens is 1. The van der Waals surface area contributed by atoms with Gasteiger partial charge < -0.3 is 16.2 Å². The standard InChI is InChI=1S/C10H17ClN4O/c1-5(2)7(16)4-13-9-8(12)6(3)14-10(11)15-9/h5,7,16H,4,12H2,1-3H3,(H,13,14,15). The van der Waals surface area contributed by atoms with Crippen LogP contribution in [0.5, 0.6) is 0 Å². The van der Waals surface area contributed by atoms with E-state index in [1.54, 1.807) is 6.92 Å². The third-order valence-corrected chi connectivity index (χ3v) is 2.53. The summed E-state index contributed by atoms with van der Waals surface area (Å²) in [5, 5.41) is 12.7. The molecule has 1 heterocycles. The van der Waals surface area contributed by atoms with Gasteiger partial charge in [0.05, 0.1) is 17.5 Å². The number of nitrogens with two attached hydrogens (primary N) is 1. The van der Waals surface area contributed by atoms with E-state index in [1.807, 2.05) is 13.8 Å². The van der Waals surface area contributed by atoms with Crippen molar-refractivity contribution in [1.29, 1.82) is 0 Å². The van der Waals surface area contributed by atoms with Gasteiger partial charge in [-0.25, -0.2) is 4.98 Å². The van der Waals surface area contributed by atoms with Gasteiger partial charge >= 0.3 is 0 Å². The molecule has 90 valence electrons. The van der Waals surface area contributed by atoms with Crippen molar-refractivity contribution in [2.75, 3.05) is 17.6 Å². The normalized spacial score (nSPS) is 12.9. The Hall–Kier alpha value is -1.07. The minimum absolute atomic E-state index is 0.147. The van der Waals surface area contributed by atoms with Crippen LogP contribution in [-0.2, 0) is 0 Å². The fourth-order valence-corrected chi connectivity index (χ4v) is 1.33. The first kappa shape index (κ1) is 13.0. The van der Waals surface area contributed by atoms with Crippen LogP contribution in [0.4, 0.5) is 11.5 Å². The van der Waals surface area contributed by atoms with Gasteiger partial charge in [0.2, 0.25) is 5.28 Å². The van der Waals surface area contributed by atoms with Crippen molar-refractivity contribution in [3.8, 4) is 0 Å². The van der Waals surface area contributed by atoms with Gasteiger partial charge in [-0.2, -0.15) is 4.98 Å². The summed E-state index contributed by atoms with van der Waals surface area (Å²) < 4.78 is 0. The van der Waals surface area contributed by atoms with Crippen LogP contribution in [0.25, 0.3) is 0 Å². The summed E-state index contributed by atoms with van der Waals surface area (Å²) in [7, 11) is 0. The topological polar surface area (TPSA) is 84.1 Å². The van der Waals surface area contributed by atoms with Crippen LogP contribution in [-0.4, -0.2) is 27.7 Å². The Labute approximate surface area is 100 Å². The number of nitrogens with one attached hydrogen (secondary N) is 1. The van der Waals surface area contributed by atoms with Crippen molar-refractivity contribution < 1.29 is 5.11 Å². The van der Waals surface area contributed by atoms with E-state index < -0.39 is 6.10 Å². The van der Waals surface area contributed by atoms with Gasteiger partial charge in [0.15, 0.2) is 5.82 Å². The molecule has 1 aromatic rings. The lowest BCUT2D eigenvalue weighted by atomic mass is 10.1. The molecule has 0 radical (unpaired) electrons.